The van der Waals surface area contributed by atoms with Crippen molar-refractivity contribution in [3.05, 3.63) is 35.9 Å². The lowest BCUT2D eigenvalue weighted by Crippen LogP contribution is -2.00. The minimum absolute atomic E-state index is 0.289. The molecule has 0 aromatic heterocycles. The van der Waals surface area contributed by atoms with Crippen LogP contribution in [-0.4, -0.2) is 12.7 Å². The second-order valence-corrected chi connectivity index (χ2v) is 3.29. The number of nitrogens with one attached hydrogen (secondary N) is 1. The van der Waals surface area contributed by atoms with E-state index in [-0.39, 0.29) is 6.42 Å². The van der Waals surface area contributed by atoms with E-state index in [0.29, 0.717) is 12.1 Å². The van der Waals surface area contributed by atoms with Gasteiger partial charge in [-0.3, -0.25) is 4.79 Å². The molecule has 0 spiro atoms. The Morgan fingerprint density at radius 2 is 2.20 bits per heavy atom. The van der Waals surface area contributed by atoms with Crippen molar-refractivity contribution in [1.82, 2.24) is 0 Å². The fourth-order valence-electron chi connectivity index (χ4n) is 1.32. The molecule has 0 radical (unpaired) electrons. The topological polar surface area (TPSA) is 46.2 Å². The van der Waals surface area contributed by atoms with Gasteiger partial charge in [0.15, 0.2) is 0 Å². The third kappa shape index (κ3) is 2.77. The van der Waals surface area contributed by atoms with Crippen molar-refractivity contribution < 1.29 is 9.59 Å². The van der Waals surface area contributed by atoms with Gasteiger partial charge in [0.25, 0.3) is 0 Å². The summed E-state index contributed by atoms with van der Waals surface area (Å²) in [5, 5.41) is 2.56. The maximum atomic E-state index is 10.5. The predicted octanol–water partition coefficient (Wildman–Crippen LogP) is 2.03. The third-order valence-electron chi connectivity index (χ3n) is 2.12. The predicted molar refractivity (Wildman–Crippen MR) is 60.6 cm³/mol. The first-order valence-corrected chi connectivity index (χ1v) is 4.61. The Morgan fingerprint density at radius 3 is 2.73 bits per heavy atom. The molecular formula is C12H13NO2. The van der Waals surface area contributed by atoms with E-state index in [1.54, 1.807) is 6.07 Å². The highest BCUT2D eigenvalue weighted by atomic mass is 16.1. The molecule has 0 bridgehead atoms. The molecule has 0 unspecified atom stereocenters. The molecule has 1 aromatic rings. The van der Waals surface area contributed by atoms with Crippen molar-refractivity contribution in [2.24, 2.45) is 0 Å². The Labute approximate surface area is 88.8 Å². The van der Waals surface area contributed by atoms with Gasteiger partial charge in [-0.05, 0) is 30.2 Å². The molecule has 0 atom stereocenters. The van der Waals surface area contributed by atoms with E-state index >= 15 is 0 Å². The first kappa shape index (κ1) is 11.2. The molecule has 0 heterocycles. The van der Waals surface area contributed by atoms with Crippen molar-refractivity contribution in [3.63, 3.8) is 0 Å². The normalized spacial score (nSPS) is 9.40. The van der Waals surface area contributed by atoms with Gasteiger partial charge < -0.3 is 10.1 Å². The maximum absolute atomic E-state index is 10.5. The number of amides is 1. The van der Waals surface area contributed by atoms with E-state index < -0.39 is 0 Å². The van der Waals surface area contributed by atoms with E-state index in [2.05, 4.69) is 11.9 Å². The fourth-order valence-corrected chi connectivity index (χ4v) is 1.32. The van der Waals surface area contributed by atoms with Gasteiger partial charge in [-0.2, -0.15) is 0 Å². The molecular weight excluding hydrogens is 190 g/mol. The van der Waals surface area contributed by atoms with E-state index in [9.17, 15) is 9.59 Å². The van der Waals surface area contributed by atoms with Gasteiger partial charge in [0.2, 0.25) is 6.41 Å². The van der Waals surface area contributed by atoms with Crippen LogP contribution in [0.1, 0.15) is 18.1 Å². The smallest absolute Gasteiger partial charge is 0.211 e. The molecule has 0 aliphatic heterocycles. The SMILES string of the molecule is C=C(C)c1ccc(NC=O)c(CC=O)c1. The monoisotopic (exact) mass is 203 g/mol. The van der Waals surface area contributed by atoms with Gasteiger partial charge in [-0.15, -0.1) is 0 Å². The van der Waals surface area contributed by atoms with Crippen molar-refractivity contribution in [2.45, 2.75) is 13.3 Å². The molecule has 1 N–H and O–H groups in total. The quantitative estimate of drug-likeness (QED) is 0.744. The lowest BCUT2D eigenvalue weighted by atomic mass is 10.0. The molecule has 0 aliphatic rings. The largest absolute Gasteiger partial charge is 0.328 e. The van der Waals surface area contributed by atoms with Crippen LogP contribution in [-0.2, 0) is 16.0 Å². The molecule has 3 heteroatoms. The van der Waals surface area contributed by atoms with Crippen molar-refractivity contribution in [2.75, 3.05) is 5.32 Å². The lowest BCUT2D eigenvalue weighted by molar-refractivity contribution is -0.107. The summed E-state index contributed by atoms with van der Waals surface area (Å²) in [6.07, 6.45) is 1.70. The Bertz CT molecular complexity index is 397. The number of rotatable bonds is 5. The van der Waals surface area contributed by atoms with Gasteiger partial charge in [-0.25, -0.2) is 0 Å². The minimum atomic E-state index is 0.289. The van der Waals surface area contributed by atoms with Crippen molar-refractivity contribution in [1.29, 1.82) is 0 Å². The van der Waals surface area contributed by atoms with Gasteiger partial charge in [-0.1, -0.05) is 18.2 Å². The summed E-state index contributed by atoms with van der Waals surface area (Å²) in [6, 6.07) is 5.50. The van der Waals surface area contributed by atoms with E-state index in [1.165, 1.54) is 0 Å². The zero-order valence-electron chi connectivity index (χ0n) is 8.62. The minimum Gasteiger partial charge on any atom is -0.328 e. The van der Waals surface area contributed by atoms with Crippen LogP contribution >= 0.6 is 0 Å². The molecule has 0 aliphatic carbocycles. The summed E-state index contributed by atoms with van der Waals surface area (Å²) in [4.78, 5) is 20.8. The molecule has 0 saturated heterocycles. The second-order valence-electron chi connectivity index (χ2n) is 3.29. The van der Waals surface area contributed by atoms with Crippen LogP contribution in [0.25, 0.3) is 5.57 Å². The summed E-state index contributed by atoms with van der Waals surface area (Å²) in [5.74, 6) is 0. The third-order valence-corrected chi connectivity index (χ3v) is 2.12. The van der Waals surface area contributed by atoms with Gasteiger partial charge in [0.1, 0.15) is 6.29 Å². The fraction of sp³-hybridized carbons (Fsp3) is 0.167. The molecule has 1 amide bonds. The number of allylic oxidation sites excluding steroid dienone is 1. The zero-order chi connectivity index (χ0) is 11.3. The summed E-state index contributed by atoms with van der Waals surface area (Å²) in [5.41, 5.74) is 3.38. The Morgan fingerprint density at radius 1 is 1.47 bits per heavy atom. The second kappa shape index (κ2) is 5.10. The summed E-state index contributed by atoms with van der Waals surface area (Å²) < 4.78 is 0. The van der Waals surface area contributed by atoms with Crippen LogP contribution in [0, 0.1) is 0 Å². The number of hydrogen-bond acceptors (Lipinski definition) is 2. The molecule has 1 aromatic carbocycles. The Kier molecular flexibility index (Phi) is 3.80. The van der Waals surface area contributed by atoms with Crippen molar-refractivity contribution >= 4 is 24.0 Å². The van der Waals surface area contributed by atoms with Crippen molar-refractivity contribution in [3.8, 4) is 0 Å². The van der Waals surface area contributed by atoms with Gasteiger partial charge in [0, 0.05) is 12.1 Å². The van der Waals surface area contributed by atoms with Gasteiger partial charge >= 0.3 is 0 Å². The van der Waals surface area contributed by atoms with Crippen LogP contribution in [0.4, 0.5) is 5.69 Å². The number of benzene rings is 1. The lowest BCUT2D eigenvalue weighted by Gasteiger charge is -2.08. The number of aldehydes is 1. The summed E-state index contributed by atoms with van der Waals surface area (Å²) in [6.45, 7) is 5.72. The Balaban J connectivity index is 3.13. The van der Waals surface area contributed by atoms with E-state index in [0.717, 1.165) is 23.0 Å². The molecule has 0 saturated carbocycles. The van der Waals surface area contributed by atoms with E-state index in [1.807, 2.05) is 19.1 Å². The van der Waals surface area contributed by atoms with E-state index in [4.69, 9.17) is 0 Å². The standard InChI is InChI=1S/C12H13NO2/c1-9(2)10-3-4-12(13-8-15)11(7-10)5-6-14/h3-4,6-8H,1,5H2,2H3,(H,13,15). The first-order chi connectivity index (χ1) is 7.19. The molecule has 1 rings (SSSR count). The molecule has 3 nitrogen and oxygen atoms in total. The highest BCUT2D eigenvalue weighted by Gasteiger charge is 2.03. The average Bonchev–Trinajstić information content (AvgIpc) is 2.21. The molecule has 78 valence electrons. The number of carbonyl (C=O) groups excluding carboxylic acids is 2. The highest BCUT2D eigenvalue weighted by molar-refractivity contribution is 5.77. The summed E-state index contributed by atoms with van der Waals surface area (Å²) >= 11 is 0. The van der Waals surface area contributed by atoms with Gasteiger partial charge in [0.05, 0.1) is 0 Å². The van der Waals surface area contributed by atoms with Crippen LogP contribution in [0.2, 0.25) is 0 Å². The number of anilines is 1. The molecule has 0 fully saturated rings. The van der Waals surface area contributed by atoms with Crippen LogP contribution < -0.4 is 5.32 Å². The Hall–Kier alpha value is -1.90. The molecule has 15 heavy (non-hydrogen) atoms. The zero-order valence-corrected chi connectivity index (χ0v) is 8.62. The van der Waals surface area contributed by atoms with Crippen LogP contribution in [0.15, 0.2) is 24.8 Å². The maximum Gasteiger partial charge on any atom is 0.211 e. The average molecular weight is 203 g/mol. The number of carbonyl (C=O) groups is 2. The first-order valence-electron chi connectivity index (χ1n) is 4.61. The van der Waals surface area contributed by atoms with Crippen LogP contribution in [0.5, 0.6) is 0 Å². The summed E-state index contributed by atoms with van der Waals surface area (Å²) in [7, 11) is 0. The highest BCUT2D eigenvalue weighted by Crippen LogP contribution is 2.21. The number of hydrogen-bond donors (Lipinski definition) is 1. The van der Waals surface area contributed by atoms with Crippen LogP contribution in [0.3, 0.4) is 0 Å².